The number of carboxylic acid groups (broad SMARTS) is 1. The fraction of sp³-hybridized carbons (Fsp3) is 0.714. The molecule has 0 saturated heterocycles. The number of aromatic nitrogens is 1. The van der Waals surface area contributed by atoms with Gasteiger partial charge in [0.15, 0.2) is 10.8 Å². The molecule has 0 radical (unpaired) electrons. The second kappa shape index (κ2) is 4.78. The molecule has 1 aromatic rings. The molecule has 3 atom stereocenters. The van der Waals surface area contributed by atoms with Gasteiger partial charge in [-0.2, -0.15) is 0 Å². The molecule has 1 N–H and O–H groups in total. The number of fused-ring (bicyclic) bond motifs is 2. The van der Waals surface area contributed by atoms with Gasteiger partial charge in [0, 0.05) is 18.5 Å². The molecule has 19 heavy (non-hydrogen) atoms. The van der Waals surface area contributed by atoms with E-state index in [0.29, 0.717) is 0 Å². The van der Waals surface area contributed by atoms with Gasteiger partial charge in [0.25, 0.3) is 0 Å². The van der Waals surface area contributed by atoms with Gasteiger partial charge >= 0.3 is 5.97 Å². The Bertz CT molecular complexity index is 500. The van der Waals surface area contributed by atoms with Crippen molar-refractivity contribution in [2.24, 2.45) is 17.8 Å². The average molecular weight is 280 g/mol. The van der Waals surface area contributed by atoms with Crippen molar-refractivity contribution in [3.63, 3.8) is 0 Å². The lowest BCUT2D eigenvalue weighted by atomic mass is 9.88. The number of hydrogen-bond acceptors (Lipinski definition) is 4. The first kappa shape index (κ1) is 12.9. The van der Waals surface area contributed by atoms with Gasteiger partial charge in [-0.25, -0.2) is 9.78 Å². The van der Waals surface area contributed by atoms with Gasteiger partial charge in [0.2, 0.25) is 0 Å². The second-order valence-corrected chi connectivity index (χ2v) is 7.20. The SMILES string of the molecule is Cc1sc(N(C)CC2CC3CCC2C3)nc1C(=O)O. The Hall–Kier alpha value is -1.10. The zero-order valence-electron chi connectivity index (χ0n) is 11.4. The fourth-order valence-corrected chi connectivity index (χ4v) is 4.64. The van der Waals surface area contributed by atoms with Crippen LogP contribution in [-0.2, 0) is 0 Å². The molecule has 1 heterocycles. The normalized spacial score (nSPS) is 28.8. The van der Waals surface area contributed by atoms with E-state index in [2.05, 4.69) is 9.88 Å². The summed E-state index contributed by atoms with van der Waals surface area (Å²) in [5.74, 6) is 1.71. The molecular weight excluding hydrogens is 260 g/mol. The van der Waals surface area contributed by atoms with Crippen LogP contribution in [0.1, 0.15) is 41.0 Å². The summed E-state index contributed by atoms with van der Waals surface area (Å²) in [5, 5.41) is 9.90. The largest absolute Gasteiger partial charge is 0.476 e. The van der Waals surface area contributed by atoms with E-state index >= 15 is 0 Å². The molecule has 2 bridgehead atoms. The van der Waals surface area contributed by atoms with Gasteiger partial charge in [0.05, 0.1) is 0 Å². The molecular formula is C14H20N2O2S. The zero-order chi connectivity index (χ0) is 13.6. The van der Waals surface area contributed by atoms with Gasteiger partial charge < -0.3 is 10.0 Å². The molecule has 4 nitrogen and oxygen atoms in total. The monoisotopic (exact) mass is 280 g/mol. The summed E-state index contributed by atoms with van der Waals surface area (Å²) in [4.78, 5) is 18.2. The van der Waals surface area contributed by atoms with Crippen molar-refractivity contribution in [2.75, 3.05) is 18.5 Å². The van der Waals surface area contributed by atoms with Crippen LogP contribution in [-0.4, -0.2) is 29.7 Å². The van der Waals surface area contributed by atoms with Crippen molar-refractivity contribution in [2.45, 2.75) is 32.6 Å². The molecule has 3 unspecified atom stereocenters. The lowest BCUT2D eigenvalue weighted by Gasteiger charge is -2.26. The standard InChI is InChI=1S/C14H20N2O2S/c1-8-12(13(17)18)15-14(19-8)16(2)7-11-6-9-3-4-10(11)5-9/h9-11H,3-7H2,1-2H3,(H,17,18). The molecule has 2 fully saturated rings. The van der Waals surface area contributed by atoms with Gasteiger partial charge in [-0.3, -0.25) is 0 Å². The van der Waals surface area contributed by atoms with E-state index in [-0.39, 0.29) is 5.69 Å². The molecule has 3 rings (SSSR count). The highest BCUT2D eigenvalue weighted by Gasteiger charge is 2.39. The molecule has 2 aliphatic carbocycles. The predicted molar refractivity (Wildman–Crippen MR) is 76.0 cm³/mol. The summed E-state index contributed by atoms with van der Waals surface area (Å²) >= 11 is 1.49. The topological polar surface area (TPSA) is 53.4 Å². The lowest BCUT2D eigenvalue weighted by molar-refractivity contribution is 0.0690. The van der Waals surface area contributed by atoms with Crippen LogP contribution in [0.15, 0.2) is 0 Å². The highest BCUT2D eigenvalue weighted by atomic mass is 32.1. The van der Waals surface area contributed by atoms with Crippen molar-refractivity contribution >= 4 is 22.4 Å². The maximum absolute atomic E-state index is 11.0. The third kappa shape index (κ3) is 2.36. The van der Waals surface area contributed by atoms with E-state index in [9.17, 15) is 4.79 Å². The van der Waals surface area contributed by atoms with Crippen LogP contribution in [0.5, 0.6) is 0 Å². The highest BCUT2D eigenvalue weighted by Crippen LogP contribution is 2.48. The van der Waals surface area contributed by atoms with Crippen LogP contribution in [0, 0.1) is 24.7 Å². The summed E-state index contributed by atoms with van der Waals surface area (Å²) in [6.45, 7) is 2.85. The second-order valence-electron chi connectivity index (χ2n) is 6.02. The van der Waals surface area contributed by atoms with E-state index < -0.39 is 5.97 Å². The van der Waals surface area contributed by atoms with Crippen molar-refractivity contribution in [1.82, 2.24) is 4.98 Å². The highest BCUT2D eigenvalue weighted by molar-refractivity contribution is 7.15. The zero-order valence-corrected chi connectivity index (χ0v) is 12.2. The number of thiazole rings is 1. The van der Waals surface area contributed by atoms with E-state index in [4.69, 9.17) is 5.11 Å². The van der Waals surface area contributed by atoms with Crippen LogP contribution in [0.4, 0.5) is 5.13 Å². The Morgan fingerprint density at radius 1 is 1.47 bits per heavy atom. The van der Waals surface area contributed by atoms with E-state index in [0.717, 1.165) is 34.3 Å². The first-order chi connectivity index (χ1) is 9.04. The lowest BCUT2D eigenvalue weighted by Crippen LogP contribution is -2.28. The van der Waals surface area contributed by atoms with E-state index in [1.165, 1.54) is 37.0 Å². The summed E-state index contributed by atoms with van der Waals surface area (Å²) in [5.41, 5.74) is 0.208. The average Bonchev–Trinajstić information content (AvgIpc) is 3.02. The maximum atomic E-state index is 11.0. The first-order valence-electron chi connectivity index (χ1n) is 6.96. The summed E-state index contributed by atoms with van der Waals surface area (Å²) in [7, 11) is 2.04. The number of aryl methyl sites for hydroxylation is 1. The van der Waals surface area contributed by atoms with E-state index in [1.54, 1.807) is 0 Å². The summed E-state index contributed by atoms with van der Waals surface area (Å²) < 4.78 is 0. The Kier molecular flexibility index (Phi) is 3.25. The molecule has 0 amide bonds. The quantitative estimate of drug-likeness (QED) is 0.921. The number of anilines is 1. The van der Waals surface area contributed by atoms with Crippen LogP contribution in [0.2, 0.25) is 0 Å². The molecule has 2 saturated carbocycles. The Morgan fingerprint density at radius 2 is 2.26 bits per heavy atom. The molecule has 0 spiro atoms. The van der Waals surface area contributed by atoms with Crippen molar-refractivity contribution < 1.29 is 9.90 Å². The minimum atomic E-state index is -0.923. The third-order valence-electron chi connectivity index (χ3n) is 4.71. The Morgan fingerprint density at radius 3 is 2.79 bits per heavy atom. The van der Waals surface area contributed by atoms with Gasteiger partial charge in [-0.05, 0) is 43.9 Å². The number of carboxylic acids is 1. The third-order valence-corrected chi connectivity index (χ3v) is 5.79. The molecule has 2 aliphatic rings. The number of hydrogen-bond donors (Lipinski definition) is 1. The molecule has 0 aliphatic heterocycles. The van der Waals surface area contributed by atoms with Crippen LogP contribution in [0.3, 0.4) is 0 Å². The van der Waals surface area contributed by atoms with Gasteiger partial charge in [0.1, 0.15) is 0 Å². The van der Waals surface area contributed by atoms with Crippen molar-refractivity contribution in [1.29, 1.82) is 0 Å². The Balaban J connectivity index is 1.68. The van der Waals surface area contributed by atoms with Crippen LogP contribution >= 0.6 is 11.3 Å². The minimum absolute atomic E-state index is 0.208. The van der Waals surface area contributed by atoms with Gasteiger partial charge in [-0.15, -0.1) is 11.3 Å². The van der Waals surface area contributed by atoms with E-state index in [1.807, 2.05) is 14.0 Å². The maximum Gasteiger partial charge on any atom is 0.355 e. The molecule has 5 heteroatoms. The summed E-state index contributed by atoms with van der Waals surface area (Å²) in [6, 6.07) is 0. The molecule has 0 aromatic carbocycles. The summed E-state index contributed by atoms with van der Waals surface area (Å²) in [6.07, 6.45) is 5.58. The number of carbonyl (C=O) groups is 1. The van der Waals surface area contributed by atoms with Crippen molar-refractivity contribution in [3.05, 3.63) is 10.6 Å². The van der Waals surface area contributed by atoms with Crippen LogP contribution < -0.4 is 4.90 Å². The van der Waals surface area contributed by atoms with Gasteiger partial charge in [-0.1, -0.05) is 6.42 Å². The molecule has 1 aromatic heterocycles. The molecule has 104 valence electrons. The number of aromatic carboxylic acids is 1. The smallest absolute Gasteiger partial charge is 0.355 e. The Labute approximate surface area is 117 Å². The van der Waals surface area contributed by atoms with Crippen molar-refractivity contribution in [3.8, 4) is 0 Å². The first-order valence-corrected chi connectivity index (χ1v) is 7.78. The number of nitrogens with zero attached hydrogens (tertiary/aromatic N) is 2. The minimum Gasteiger partial charge on any atom is -0.476 e. The number of rotatable bonds is 4. The fourth-order valence-electron chi connectivity index (χ4n) is 3.77. The van der Waals surface area contributed by atoms with Crippen LogP contribution in [0.25, 0.3) is 0 Å². The predicted octanol–water partition coefficient (Wildman–Crippen LogP) is 3.02.